The van der Waals surface area contributed by atoms with E-state index in [0.717, 1.165) is 42.0 Å². The number of rotatable bonds is 6. The smallest absolute Gasteiger partial charge is 0.247 e. The molecule has 1 saturated carbocycles. The molecule has 1 aliphatic heterocycles. The molecular formula is C25H31N3O4S. The van der Waals surface area contributed by atoms with Gasteiger partial charge in [0, 0.05) is 18.3 Å². The molecule has 4 rings (SSSR count). The number of aryl methyl sites for hydroxylation is 1. The maximum absolute atomic E-state index is 13.6. The molecule has 1 aliphatic carbocycles. The van der Waals surface area contributed by atoms with Crippen LogP contribution in [-0.2, 0) is 26.0 Å². The Hall–Kier alpha value is -2.71. The largest absolute Gasteiger partial charge is 0.351 e. The number of piperazine rings is 1. The highest BCUT2D eigenvalue weighted by Crippen LogP contribution is 2.33. The van der Waals surface area contributed by atoms with E-state index in [2.05, 4.69) is 5.32 Å². The Morgan fingerprint density at radius 2 is 1.70 bits per heavy atom. The Morgan fingerprint density at radius 3 is 2.30 bits per heavy atom. The van der Waals surface area contributed by atoms with Crippen molar-refractivity contribution in [3.05, 3.63) is 60.2 Å². The summed E-state index contributed by atoms with van der Waals surface area (Å²) in [6.45, 7) is 3.27. The summed E-state index contributed by atoms with van der Waals surface area (Å²) in [5.74, 6) is -0.746. The molecule has 2 aliphatic rings. The van der Waals surface area contributed by atoms with E-state index in [-0.39, 0.29) is 29.9 Å². The van der Waals surface area contributed by atoms with Crippen molar-refractivity contribution in [2.75, 3.05) is 18.0 Å². The molecular weight excluding hydrogens is 438 g/mol. The molecule has 1 N–H and O–H groups in total. The molecule has 1 atom stereocenters. The van der Waals surface area contributed by atoms with Crippen molar-refractivity contribution in [3.63, 3.8) is 0 Å². The molecule has 176 valence electrons. The van der Waals surface area contributed by atoms with Crippen LogP contribution in [0.25, 0.3) is 0 Å². The van der Waals surface area contributed by atoms with Crippen LogP contribution in [0.4, 0.5) is 5.69 Å². The standard InChI is InChI=1S/C25H31N3O4S/c1-3-19-13-15-21(16-14-19)28-23(29)17-27(33(31,32)22-11-5-4-6-12-22)18-25(28,2)24(30)26-20-9-7-8-10-20/h4-6,11-16,20H,3,7-10,17-18H2,1-2H3,(H,26,30)/t25-/m0/s1. The molecule has 33 heavy (non-hydrogen) atoms. The van der Waals surface area contributed by atoms with Crippen LogP contribution in [0, 0.1) is 0 Å². The first-order valence-corrected chi connectivity index (χ1v) is 13.0. The monoisotopic (exact) mass is 469 g/mol. The Morgan fingerprint density at radius 1 is 1.06 bits per heavy atom. The Bertz CT molecular complexity index is 1110. The predicted molar refractivity (Wildman–Crippen MR) is 127 cm³/mol. The summed E-state index contributed by atoms with van der Waals surface area (Å²) < 4.78 is 27.8. The average Bonchev–Trinajstić information content (AvgIpc) is 3.32. The quantitative estimate of drug-likeness (QED) is 0.704. The van der Waals surface area contributed by atoms with E-state index < -0.39 is 21.5 Å². The van der Waals surface area contributed by atoms with Crippen LogP contribution < -0.4 is 10.2 Å². The molecule has 0 spiro atoms. The molecule has 0 radical (unpaired) electrons. The molecule has 1 saturated heterocycles. The Kier molecular flexibility index (Phi) is 6.59. The first-order chi connectivity index (χ1) is 15.8. The molecule has 0 unspecified atom stereocenters. The summed E-state index contributed by atoms with van der Waals surface area (Å²) in [6, 6.07) is 15.6. The molecule has 0 bridgehead atoms. The van der Waals surface area contributed by atoms with E-state index in [0.29, 0.717) is 5.69 Å². The molecule has 8 heteroatoms. The summed E-state index contributed by atoms with van der Waals surface area (Å²) in [5.41, 5.74) is 0.333. The maximum atomic E-state index is 13.6. The maximum Gasteiger partial charge on any atom is 0.247 e. The zero-order valence-corrected chi connectivity index (χ0v) is 20.0. The van der Waals surface area contributed by atoms with Gasteiger partial charge in [-0.05, 0) is 56.0 Å². The molecule has 1 heterocycles. The van der Waals surface area contributed by atoms with Crippen LogP contribution in [0.15, 0.2) is 59.5 Å². The predicted octanol–water partition coefficient (Wildman–Crippen LogP) is 3.10. The molecule has 7 nitrogen and oxygen atoms in total. The lowest BCUT2D eigenvalue weighted by molar-refractivity contribution is -0.133. The second-order valence-corrected chi connectivity index (χ2v) is 11.0. The van der Waals surface area contributed by atoms with Crippen LogP contribution in [0.5, 0.6) is 0 Å². The fourth-order valence-electron chi connectivity index (χ4n) is 4.77. The number of carbonyl (C=O) groups is 2. The zero-order valence-electron chi connectivity index (χ0n) is 19.2. The topological polar surface area (TPSA) is 86.8 Å². The number of nitrogens with one attached hydrogen (secondary N) is 1. The molecule has 2 aromatic carbocycles. The van der Waals surface area contributed by atoms with Gasteiger partial charge in [-0.25, -0.2) is 8.42 Å². The summed E-state index contributed by atoms with van der Waals surface area (Å²) >= 11 is 0. The SMILES string of the molecule is CCc1ccc(N2C(=O)CN(S(=O)(=O)c3ccccc3)C[C@@]2(C)C(=O)NC2CCCC2)cc1. The van der Waals surface area contributed by atoms with E-state index in [1.165, 1.54) is 17.0 Å². The number of hydrogen-bond donors (Lipinski definition) is 1. The summed E-state index contributed by atoms with van der Waals surface area (Å²) in [5, 5.41) is 3.09. The second kappa shape index (κ2) is 9.27. The average molecular weight is 470 g/mol. The lowest BCUT2D eigenvalue weighted by Crippen LogP contribution is -2.70. The highest BCUT2D eigenvalue weighted by atomic mass is 32.2. The third-order valence-electron chi connectivity index (χ3n) is 6.70. The van der Waals surface area contributed by atoms with Gasteiger partial charge in [0.05, 0.1) is 11.4 Å². The van der Waals surface area contributed by atoms with Gasteiger partial charge in [-0.15, -0.1) is 0 Å². The summed E-state index contributed by atoms with van der Waals surface area (Å²) in [7, 11) is -3.94. The Labute approximate surface area is 195 Å². The zero-order chi connectivity index (χ0) is 23.6. The van der Waals surface area contributed by atoms with Gasteiger partial charge in [-0.1, -0.05) is 50.1 Å². The Balaban J connectivity index is 1.72. The van der Waals surface area contributed by atoms with E-state index in [9.17, 15) is 18.0 Å². The molecule has 2 amide bonds. The normalized spacial score (nSPS) is 22.5. The van der Waals surface area contributed by atoms with E-state index in [1.54, 1.807) is 25.1 Å². The van der Waals surface area contributed by atoms with Gasteiger partial charge < -0.3 is 5.32 Å². The van der Waals surface area contributed by atoms with E-state index in [4.69, 9.17) is 0 Å². The van der Waals surface area contributed by atoms with E-state index >= 15 is 0 Å². The fourth-order valence-corrected chi connectivity index (χ4v) is 6.27. The van der Waals surface area contributed by atoms with Crippen molar-refractivity contribution in [1.29, 1.82) is 0 Å². The van der Waals surface area contributed by atoms with Crippen LogP contribution in [0.2, 0.25) is 0 Å². The van der Waals surface area contributed by atoms with E-state index in [1.807, 2.05) is 31.2 Å². The third-order valence-corrected chi connectivity index (χ3v) is 8.51. The number of anilines is 1. The number of amides is 2. The van der Waals surface area contributed by atoms with Gasteiger partial charge >= 0.3 is 0 Å². The van der Waals surface area contributed by atoms with Crippen molar-refractivity contribution in [3.8, 4) is 0 Å². The number of sulfonamides is 1. The lowest BCUT2D eigenvalue weighted by atomic mass is 9.93. The minimum atomic E-state index is -3.94. The van der Waals surface area contributed by atoms with Gasteiger partial charge in [-0.3, -0.25) is 14.5 Å². The first-order valence-electron chi connectivity index (χ1n) is 11.5. The fraction of sp³-hybridized carbons (Fsp3) is 0.440. The van der Waals surface area contributed by atoms with Gasteiger partial charge in [0.2, 0.25) is 21.8 Å². The van der Waals surface area contributed by atoms with Gasteiger partial charge in [0.25, 0.3) is 0 Å². The summed E-state index contributed by atoms with van der Waals surface area (Å²) in [6.07, 6.45) is 4.76. The number of hydrogen-bond acceptors (Lipinski definition) is 4. The highest BCUT2D eigenvalue weighted by molar-refractivity contribution is 7.89. The van der Waals surface area contributed by atoms with Crippen LogP contribution in [0.3, 0.4) is 0 Å². The van der Waals surface area contributed by atoms with Crippen LogP contribution in [0.1, 0.15) is 45.1 Å². The number of carbonyl (C=O) groups excluding carboxylic acids is 2. The van der Waals surface area contributed by atoms with Crippen LogP contribution in [-0.4, -0.2) is 49.2 Å². The van der Waals surface area contributed by atoms with Crippen LogP contribution >= 0.6 is 0 Å². The van der Waals surface area contributed by atoms with Crippen molar-refractivity contribution < 1.29 is 18.0 Å². The second-order valence-electron chi connectivity index (χ2n) is 9.06. The van der Waals surface area contributed by atoms with Crippen molar-refractivity contribution >= 4 is 27.5 Å². The third kappa shape index (κ3) is 4.54. The minimum absolute atomic E-state index is 0.0508. The molecule has 2 fully saturated rings. The van der Waals surface area contributed by atoms with Gasteiger partial charge in [0.1, 0.15) is 5.54 Å². The van der Waals surface area contributed by atoms with Crippen molar-refractivity contribution in [2.45, 2.75) is 62.4 Å². The van der Waals surface area contributed by atoms with Crippen molar-refractivity contribution in [1.82, 2.24) is 9.62 Å². The van der Waals surface area contributed by atoms with Crippen molar-refractivity contribution in [2.24, 2.45) is 0 Å². The summed E-state index contributed by atoms with van der Waals surface area (Å²) in [4.78, 5) is 28.6. The first kappa shape index (κ1) is 23.4. The highest BCUT2D eigenvalue weighted by Gasteiger charge is 2.51. The minimum Gasteiger partial charge on any atom is -0.351 e. The van der Waals surface area contributed by atoms with Gasteiger partial charge in [-0.2, -0.15) is 4.31 Å². The number of benzene rings is 2. The lowest BCUT2D eigenvalue weighted by Gasteiger charge is -2.47. The molecule has 0 aromatic heterocycles. The molecule has 2 aromatic rings. The number of nitrogens with zero attached hydrogens (tertiary/aromatic N) is 2. The van der Waals surface area contributed by atoms with Gasteiger partial charge in [0.15, 0.2) is 0 Å².